The third kappa shape index (κ3) is 4.10. The molecule has 1 atom stereocenters. The van der Waals surface area contributed by atoms with Crippen molar-refractivity contribution in [2.24, 2.45) is 7.05 Å². The molecule has 6 nitrogen and oxygen atoms in total. The van der Waals surface area contributed by atoms with Crippen LogP contribution in [-0.2, 0) is 23.1 Å². The lowest BCUT2D eigenvalue weighted by Gasteiger charge is -2.10. The van der Waals surface area contributed by atoms with Crippen molar-refractivity contribution in [2.75, 3.05) is 13.2 Å². The van der Waals surface area contributed by atoms with Gasteiger partial charge in [-0.3, -0.25) is 0 Å². The highest BCUT2D eigenvalue weighted by Crippen LogP contribution is 2.16. The molecule has 0 radical (unpaired) electrons. The third-order valence-electron chi connectivity index (χ3n) is 3.80. The zero-order valence-corrected chi connectivity index (χ0v) is 13.1. The minimum absolute atomic E-state index is 0.0411. The molecule has 1 fully saturated rings. The van der Waals surface area contributed by atoms with Crippen molar-refractivity contribution in [3.63, 3.8) is 0 Å². The maximum atomic E-state index is 12.0. The summed E-state index contributed by atoms with van der Waals surface area (Å²) in [7, 11) is 1.92. The van der Waals surface area contributed by atoms with Gasteiger partial charge in [0.1, 0.15) is 24.8 Å². The van der Waals surface area contributed by atoms with E-state index in [0.29, 0.717) is 24.5 Å². The van der Waals surface area contributed by atoms with Gasteiger partial charge in [0.2, 0.25) is 0 Å². The highest BCUT2D eigenvalue weighted by atomic mass is 16.6. The molecular formula is C17H20N2O4. The first-order valence-corrected chi connectivity index (χ1v) is 7.70. The minimum atomic E-state index is -0.337. The number of aromatic nitrogens is 2. The normalized spacial score (nSPS) is 17.2. The van der Waals surface area contributed by atoms with Gasteiger partial charge in [-0.15, -0.1) is 0 Å². The van der Waals surface area contributed by atoms with Crippen molar-refractivity contribution in [2.45, 2.75) is 25.6 Å². The molecule has 1 aromatic heterocycles. The first-order valence-electron chi connectivity index (χ1n) is 7.70. The van der Waals surface area contributed by atoms with Crippen LogP contribution in [0.15, 0.2) is 36.7 Å². The number of aryl methyl sites for hydroxylation is 1. The molecule has 1 saturated heterocycles. The number of hydrogen-bond acceptors (Lipinski definition) is 5. The molecule has 0 bridgehead atoms. The summed E-state index contributed by atoms with van der Waals surface area (Å²) in [5.41, 5.74) is 0.507. The molecule has 122 valence electrons. The van der Waals surface area contributed by atoms with E-state index in [4.69, 9.17) is 14.2 Å². The predicted molar refractivity (Wildman–Crippen MR) is 83.2 cm³/mol. The fourth-order valence-electron chi connectivity index (χ4n) is 2.40. The number of benzene rings is 1. The summed E-state index contributed by atoms with van der Waals surface area (Å²) >= 11 is 0. The minimum Gasteiger partial charge on any atom is -0.486 e. The van der Waals surface area contributed by atoms with Crippen LogP contribution in [0.3, 0.4) is 0 Å². The van der Waals surface area contributed by atoms with Crippen molar-refractivity contribution in [1.29, 1.82) is 0 Å². The van der Waals surface area contributed by atoms with Gasteiger partial charge in [-0.1, -0.05) is 0 Å². The summed E-state index contributed by atoms with van der Waals surface area (Å²) in [6.45, 7) is 1.45. The van der Waals surface area contributed by atoms with E-state index in [0.717, 1.165) is 25.3 Å². The fraction of sp³-hybridized carbons (Fsp3) is 0.412. The predicted octanol–water partition coefficient (Wildman–Crippen LogP) is 2.33. The van der Waals surface area contributed by atoms with E-state index >= 15 is 0 Å². The maximum Gasteiger partial charge on any atom is 0.338 e. The molecule has 0 unspecified atom stereocenters. The number of ether oxygens (including phenoxy) is 3. The van der Waals surface area contributed by atoms with Crippen LogP contribution in [0.5, 0.6) is 5.75 Å². The summed E-state index contributed by atoms with van der Waals surface area (Å²) in [5, 5.41) is 0. The third-order valence-corrected chi connectivity index (χ3v) is 3.80. The smallest absolute Gasteiger partial charge is 0.338 e. The molecule has 0 saturated carbocycles. The summed E-state index contributed by atoms with van der Waals surface area (Å²) in [6.07, 6.45) is 5.62. The lowest BCUT2D eigenvalue weighted by molar-refractivity contribution is 0.0161. The number of rotatable bonds is 6. The van der Waals surface area contributed by atoms with Gasteiger partial charge in [0, 0.05) is 26.0 Å². The van der Waals surface area contributed by atoms with Crippen LogP contribution < -0.4 is 4.74 Å². The maximum absolute atomic E-state index is 12.0. The van der Waals surface area contributed by atoms with E-state index in [-0.39, 0.29) is 12.1 Å². The standard InChI is InChI=1S/C17H20N2O4/c1-19-9-8-18-16(19)12-22-14-6-4-13(5-7-14)17(20)23-11-15-3-2-10-21-15/h4-9,15H,2-3,10-12H2,1H3/t15-/m1/s1. The Hall–Kier alpha value is -2.34. The van der Waals surface area contributed by atoms with Crippen LogP contribution in [0.4, 0.5) is 0 Å². The van der Waals surface area contributed by atoms with Gasteiger partial charge in [-0.05, 0) is 37.1 Å². The quantitative estimate of drug-likeness (QED) is 0.766. The van der Waals surface area contributed by atoms with Gasteiger partial charge in [0.15, 0.2) is 0 Å². The average molecular weight is 316 g/mol. The number of nitrogens with zero attached hydrogens (tertiary/aromatic N) is 2. The van der Waals surface area contributed by atoms with Crippen molar-refractivity contribution < 1.29 is 19.0 Å². The second-order valence-electron chi connectivity index (χ2n) is 5.50. The molecule has 6 heteroatoms. The zero-order chi connectivity index (χ0) is 16.1. The van der Waals surface area contributed by atoms with E-state index in [1.165, 1.54) is 0 Å². The molecule has 2 heterocycles. The van der Waals surface area contributed by atoms with E-state index in [1.54, 1.807) is 30.5 Å². The van der Waals surface area contributed by atoms with Gasteiger partial charge in [0.05, 0.1) is 11.7 Å². The number of carbonyl (C=O) groups is 1. The summed E-state index contributed by atoms with van der Waals surface area (Å²) in [5.74, 6) is 1.19. The van der Waals surface area contributed by atoms with Crippen molar-refractivity contribution >= 4 is 5.97 Å². The van der Waals surface area contributed by atoms with Gasteiger partial charge in [-0.25, -0.2) is 9.78 Å². The number of imidazole rings is 1. The van der Waals surface area contributed by atoms with E-state index in [2.05, 4.69) is 4.98 Å². The van der Waals surface area contributed by atoms with Gasteiger partial charge < -0.3 is 18.8 Å². The number of carbonyl (C=O) groups excluding carboxylic acids is 1. The van der Waals surface area contributed by atoms with Crippen molar-refractivity contribution in [1.82, 2.24) is 9.55 Å². The van der Waals surface area contributed by atoms with Crippen LogP contribution in [0, 0.1) is 0 Å². The Morgan fingerprint density at radius 1 is 1.39 bits per heavy atom. The van der Waals surface area contributed by atoms with E-state index < -0.39 is 0 Å². The highest BCUT2D eigenvalue weighted by molar-refractivity contribution is 5.89. The Morgan fingerprint density at radius 2 is 2.22 bits per heavy atom. The molecule has 0 aliphatic carbocycles. The second-order valence-corrected chi connectivity index (χ2v) is 5.50. The molecule has 3 rings (SSSR count). The fourth-order valence-corrected chi connectivity index (χ4v) is 2.40. The Balaban J connectivity index is 1.49. The topological polar surface area (TPSA) is 62.6 Å². The molecule has 0 N–H and O–H groups in total. The molecular weight excluding hydrogens is 296 g/mol. The number of hydrogen-bond donors (Lipinski definition) is 0. The van der Waals surface area contributed by atoms with Crippen LogP contribution in [0.25, 0.3) is 0 Å². The monoisotopic (exact) mass is 316 g/mol. The first kappa shape index (κ1) is 15.6. The number of esters is 1. The Bertz CT molecular complexity index is 645. The second kappa shape index (κ2) is 7.28. The van der Waals surface area contributed by atoms with Crippen LogP contribution >= 0.6 is 0 Å². The SMILES string of the molecule is Cn1ccnc1COc1ccc(C(=O)OC[C@H]2CCCO2)cc1. The van der Waals surface area contributed by atoms with Crippen LogP contribution in [0.1, 0.15) is 29.0 Å². The molecule has 1 aromatic carbocycles. The Morgan fingerprint density at radius 3 is 2.87 bits per heavy atom. The molecule has 23 heavy (non-hydrogen) atoms. The Labute approximate surface area is 135 Å². The highest BCUT2D eigenvalue weighted by Gasteiger charge is 2.18. The first-order chi connectivity index (χ1) is 11.2. The summed E-state index contributed by atoms with van der Waals surface area (Å²) < 4.78 is 18.2. The van der Waals surface area contributed by atoms with Crippen molar-refractivity contribution in [3.05, 3.63) is 48.0 Å². The van der Waals surface area contributed by atoms with E-state index in [9.17, 15) is 4.79 Å². The summed E-state index contributed by atoms with van der Waals surface area (Å²) in [4.78, 5) is 16.2. The summed E-state index contributed by atoms with van der Waals surface area (Å²) in [6, 6.07) is 6.91. The van der Waals surface area contributed by atoms with E-state index in [1.807, 2.05) is 17.8 Å². The van der Waals surface area contributed by atoms with Gasteiger partial charge in [-0.2, -0.15) is 0 Å². The average Bonchev–Trinajstić information content (AvgIpc) is 3.23. The lowest BCUT2D eigenvalue weighted by Crippen LogP contribution is -2.17. The van der Waals surface area contributed by atoms with Crippen LogP contribution in [-0.4, -0.2) is 34.8 Å². The zero-order valence-electron chi connectivity index (χ0n) is 13.1. The molecule has 1 aliphatic rings. The Kier molecular flexibility index (Phi) is 4.92. The van der Waals surface area contributed by atoms with Crippen LogP contribution in [0.2, 0.25) is 0 Å². The van der Waals surface area contributed by atoms with Gasteiger partial charge >= 0.3 is 5.97 Å². The molecule has 1 aliphatic heterocycles. The lowest BCUT2D eigenvalue weighted by atomic mass is 10.2. The largest absolute Gasteiger partial charge is 0.486 e. The van der Waals surface area contributed by atoms with Crippen molar-refractivity contribution in [3.8, 4) is 5.75 Å². The molecule has 0 amide bonds. The van der Waals surface area contributed by atoms with Gasteiger partial charge in [0.25, 0.3) is 0 Å². The molecule has 2 aromatic rings. The molecule has 0 spiro atoms.